The Morgan fingerprint density at radius 3 is 2.52 bits per heavy atom. The first-order chi connectivity index (χ1) is 14.8. The van der Waals surface area contributed by atoms with E-state index in [0.29, 0.717) is 29.3 Å². The normalized spacial score (nSPS) is 12.4. The lowest BCUT2D eigenvalue weighted by molar-refractivity contribution is -0.141. The molecule has 3 rings (SSSR count). The monoisotopic (exact) mass is 449 g/mol. The summed E-state index contributed by atoms with van der Waals surface area (Å²) in [5.41, 5.74) is 1.47. The maximum Gasteiger partial charge on any atom is 0.406 e. The lowest BCUT2D eigenvalue weighted by atomic mass is 10.2. The van der Waals surface area contributed by atoms with E-state index in [-0.39, 0.29) is 11.1 Å². The van der Waals surface area contributed by atoms with Crippen LogP contribution < -0.4 is 10.1 Å². The Morgan fingerprint density at radius 1 is 1.16 bits per heavy atom. The van der Waals surface area contributed by atoms with Gasteiger partial charge in [0.2, 0.25) is 5.91 Å². The number of thioether (sulfide) groups is 1. The van der Waals surface area contributed by atoms with Crippen LogP contribution in [0.5, 0.6) is 5.75 Å². The summed E-state index contributed by atoms with van der Waals surface area (Å²) < 4.78 is 46.3. The number of hydrogen-bond donors (Lipinski definition) is 1. The quantitative estimate of drug-likeness (QED) is 0.453. The highest BCUT2D eigenvalue weighted by Crippen LogP contribution is 2.32. The van der Waals surface area contributed by atoms with Gasteiger partial charge < -0.3 is 14.6 Å². The molecule has 9 heteroatoms. The number of alkyl halides is 3. The smallest absolute Gasteiger partial charge is 0.406 e. The fourth-order valence-corrected chi connectivity index (χ4v) is 3.81. The minimum Gasteiger partial charge on any atom is -0.492 e. The van der Waals surface area contributed by atoms with Crippen molar-refractivity contribution in [1.29, 1.82) is 0 Å². The van der Waals surface area contributed by atoms with Crippen LogP contribution in [-0.2, 0) is 11.3 Å². The number of carbonyl (C=O) groups is 1. The van der Waals surface area contributed by atoms with Crippen LogP contribution in [0.2, 0.25) is 0 Å². The van der Waals surface area contributed by atoms with Crippen molar-refractivity contribution in [3.8, 4) is 17.0 Å². The first-order valence-electron chi connectivity index (χ1n) is 9.65. The Morgan fingerprint density at radius 2 is 1.84 bits per heavy atom. The molecule has 1 amide bonds. The highest BCUT2D eigenvalue weighted by Gasteiger charge is 2.31. The maximum atomic E-state index is 13.2. The van der Waals surface area contributed by atoms with Gasteiger partial charge >= 0.3 is 6.18 Å². The number of amides is 1. The van der Waals surface area contributed by atoms with Crippen molar-refractivity contribution in [2.75, 3.05) is 11.9 Å². The zero-order valence-electron chi connectivity index (χ0n) is 17.0. The van der Waals surface area contributed by atoms with Crippen LogP contribution in [0.15, 0.2) is 66.0 Å². The molecule has 0 aliphatic carbocycles. The van der Waals surface area contributed by atoms with Crippen molar-refractivity contribution >= 4 is 23.4 Å². The van der Waals surface area contributed by atoms with Crippen LogP contribution in [-0.4, -0.2) is 33.5 Å². The third-order valence-electron chi connectivity index (χ3n) is 4.32. The number of nitrogens with zero attached hydrogens (tertiary/aromatic N) is 2. The number of halogens is 3. The molecule has 1 aromatic heterocycles. The van der Waals surface area contributed by atoms with Gasteiger partial charge in [-0.2, -0.15) is 13.2 Å². The van der Waals surface area contributed by atoms with Crippen LogP contribution >= 0.6 is 11.8 Å². The zero-order valence-corrected chi connectivity index (χ0v) is 17.8. The van der Waals surface area contributed by atoms with E-state index in [1.54, 1.807) is 61.5 Å². The largest absolute Gasteiger partial charge is 0.492 e. The van der Waals surface area contributed by atoms with Gasteiger partial charge in [0.15, 0.2) is 5.16 Å². The fraction of sp³-hybridized carbons (Fsp3) is 0.273. The van der Waals surface area contributed by atoms with E-state index < -0.39 is 18.0 Å². The first kappa shape index (κ1) is 22.7. The molecule has 164 valence electrons. The Labute approximate surface area is 182 Å². The molecule has 5 nitrogen and oxygen atoms in total. The third-order valence-corrected chi connectivity index (χ3v) is 5.43. The number of aromatic nitrogens is 2. The molecular formula is C22H22F3N3O2S. The lowest BCUT2D eigenvalue weighted by Crippen LogP contribution is -2.24. The van der Waals surface area contributed by atoms with Crippen molar-refractivity contribution in [2.45, 2.75) is 37.0 Å². The van der Waals surface area contributed by atoms with Crippen molar-refractivity contribution in [3.05, 3.63) is 60.8 Å². The SMILES string of the molecule is CCOc1ccccc1NC(=O)C(C)Sc1ncc(-c2ccccc2)n1CC(F)(F)F. The molecule has 0 saturated heterocycles. The Kier molecular flexibility index (Phi) is 7.27. The summed E-state index contributed by atoms with van der Waals surface area (Å²) in [5.74, 6) is 0.167. The highest BCUT2D eigenvalue weighted by molar-refractivity contribution is 8.00. The van der Waals surface area contributed by atoms with E-state index in [1.165, 1.54) is 6.20 Å². The van der Waals surface area contributed by atoms with E-state index in [4.69, 9.17) is 4.74 Å². The summed E-state index contributed by atoms with van der Waals surface area (Å²) in [4.78, 5) is 16.9. The predicted octanol–water partition coefficient (Wildman–Crippen LogP) is 5.63. The van der Waals surface area contributed by atoms with Crippen molar-refractivity contribution in [1.82, 2.24) is 9.55 Å². The first-order valence-corrected chi connectivity index (χ1v) is 10.5. The number of nitrogens with one attached hydrogen (secondary N) is 1. The van der Waals surface area contributed by atoms with E-state index in [2.05, 4.69) is 10.3 Å². The second-order valence-corrected chi connectivity index (χ2v) is 7.98. The molecule has 1 atom stereocenters. The summed E-state index contributed by atoms with van der Waals surface area (Å²) in [6.07, 6.45) is -3.03. The number of ether oxygens (including phenoxy) is 1. The number of para-hydroxylation sites is 2. The van der Waals surface area contributed by atoms with Gasteiger partial charge in [-0.15, -0.1) is 0 Å². The van der Waals surface area contributed by atoms with Gasteiger partial charge in [0, 0.05) is 0 Å². The summed E-state index contributed by atoms with van der Waals surface area (Å²) in [6.45, 7) is 2.70. The minimum atomic E-state index is -4.43. The summed E-state index contributed by atoms with van der Waals surface area (Å²) in [7, 11) is 0. The molecule has 0 bridgehead atoms. The number of carbonyl (C=O) groups excluding carboxylic acids is 1. The van der Waals surface area contributed by atoms with Crippen molar-refractivity contribution in [3.63, 3.8) is 0 Å². The predicted molar refractivity (Wildman–Crippen MR) is 115 cm³/mol. The number of hydrogen-bond acceptors (Lipinski definition) is 4. The molecule has 0 fully saturated rings. The molecule has 0 spiro atoms. The molecule has 0 aliphatic heterocycles. The standard InChI is InChI=1S/C22H22F3N3O2S/c1-3-30-19-12-8-7-11-17(19)27-20(29)15(2)31-21-26-13-18(16-9-5-4-6-10-16)28(21)14-22(23,24)25/h4-13,15H,3,14H2,1-2H3,(H,27,29). The van der Waals surface area contributed by atoms with E-state index in [9.17, 15) is 18.0 Å². The maximum absolute atomic E-state index is 13.2. The molecule has 31 heavy (non-hydrogen) atoms. The highest BCUT2D eigenvalue weighted by atomic mass is 32.2. The molecule has 1 heterocycles. The molecule has 2 aromatic carbocycles. The van der Waals surface area contributed by atoms with Crippen molar-refractivity contribution in [2.24, 2.45) is 0 Å². The van der Waals surface area contributed by atoms with Crippen LogP contribution in [0, 0.1) is 0 Å². The Hall–Kier alpha value is -2.94. The fourth-order valence-electron chi connectivity index (χ4n) is 2.92. The van der Waals surface area contributed by atoms with Crippen LogP contribution in [0.1, 0.15) is 13.8 Å². The molecule has 1 unspecified atom stereocenters. The summed E-state index contributed by atoms with van der Waals surface area (Å²) >= 11 is 0.972. The van der Waals surface area contributed by atoms with Gasteiger partial charge in [-0.05, 0) is 31.5 Å². The number of imidazole rings is 1. The molecular weight excluding hydrogens is 427 g/mol. The second-order valence-electron chi connectivity index (χ2n) is 6.67. The van der Waals surface area contributed by atoms with Crippen LogP contribution in [0.3, 0.4) is 0 Å². The van der Waals surface area contributed by atoms with Gasteiger partial charge in [-0.25, -0.2) is 4.98 Å². The van der Waals surface area contributed by atoms with E-state index >= 15 is 0 Å². The average molecular weight is 449 g/mol. The Balaban J connectivity index is 1.81. The minimum absolute atomic E-state index is 0.122. The third kappa shape index (κ3) is 6.04. The summed E-state index contributed by atoms with van der Waals surface area (Å²) in [5, 5.41) is 2.21. The number of anilines is 1. The Bertz CT molecular complexity index is 1020. The molecule has 3 aromatic rings. The average Bonchev–Trinajstić information content (AvgIpc) is 3.10. The van der Waals surface area contributed by atoms with Gasteiger partial charge in [0.05, 0.1) is 29.4 Å². The summed E-state index contributed by atoms with van der Waals surface area (Å²) in [6, 6.07) is 15.7. The molecule has 1 N–H and O–H groups in total. The number of rotatable bonds is 8. The van der Waals surface area contributed by atoms with Gasteiger partial charge in [0.25, 0.3) is 0 Å². The molecule has 0 saturated carbocycles. The topological polar surface area (TPSA) is 56.1 Å². The van der Waals surface area contributed by atoms with Crippen LogP contribution in [0.25, 0.3) is 11.3 Å². The molecule has 0 aliphatic rings. The van der Waals surface area contributed by atoms with E-state index in [1.807, 2.05) is 6.92 Å². The second kappa shape index (κ2) is 9.91. The molecule has 0 radical (unpaired) electrons. The number of benzene rings is 2. The van der Waals surface area contributed by atoms with Gasteiger partial charge in [-0.3, -0.25) is 4.79 Å². The van der Waals surface area contributed by atoms with Gasteiger partial charge in [-0.1, -0.05) is 54.2 Å². The van der Waals surface area contributed by atoms with Gasteiger partial charge in [0.1, 0.15) is 12.3 Å². The lowest BCUT2D eigenvalue weighted by Gasteiger charge is -2.17. The zero-order chi connectivity index (χ0) is 22.4. The van der Waals surface area contributed by atoms with E-state index in [0.717, 1.165) is 16.3 Å². The van der Waals surface area contributed by atoms with Crippen molar-refractivity contribution < 1.29 is 22.7 Å². The van der Waals surface area contributed by atoms with Crippen LogP contribution in [0.4, 0.5) is 18.9 Å².